The van der Waals surface area contributed by atoms with Gasteiger partial charge in [-0.2, -0.15) is 0 Å². The first kappa shape index (κ1) is 19.0. The Labute approximate surface area is 158 Å². The maximum Gasteiger partial charge on any atom is 0.259 e. The van der Waals surface area contributed by atoms with Crippen molar-refractivity contribution in [3.8, 4) is 17.4 Å². The molecular weight excluding hydrogens is 348 g/mol. The molecule has 2 heterocycles. The van der Waals surface area contributed by atoms with Crippen LogP contribution in [0, 0.1) is 0 Å². The van der Waals surface area contributed by atoms with Gasteiger partial charge in [-0.1, -0.05) is 12.1 Å². The predicted molar refractivity (Wildman–Crippen MR) is 99.5 cm³/mol. The van der Waals surface area contributed by atoms with Crippen LogP contribution in [0.5, 0.6) is 17.4 Å². The lowest BCUT2D eigenvalue weighted by molar-refractivity contribution is -0.0404. The van der Waals surface area contributed by atoms with Gasteiger partial charge in [-0.15, -0.1) is 0 Å². The molecule has 3 rings (SSSR count). The fraction of sp³-hybridized carbons (Fsp3) is 0.400. The van der Waals surface area contributed by atoms with Gasteiger partial charge < -0.3 is 23.8 Å². The Hall–Kier alpha value is -2.80. The molecule has 0 aliphatic carbocycles. The summed E-state index contributed by atoms with van der Waals surface area (Å²) < 4.78 is 22.4. The van der Waals surface area contributed by atoms with E-state index in [1.54, 1.807) is 30.3 Å². The fourth-order valence-electron chi connectivity index (χ4n) is 2.90. The minimum absolute atomic E-state index is 0.114. The van der Waals surface area contributed by atoms with E-state index in [-0.39, 0.29) is 12.0 Å². The molecule has 144 valence electrons. The molecule has 0 N–H and O–H groups in total. The number of amides is 1. The SMILES string of the molecule is CCOc1ncccc1C(=O)N1CCOC(COc2ccccc2OC)C1. The maximum atomic E-state index is 12.9. The van der Waals surface area contributed by atoms with Crippen LogP contribution in [0.4, 0.5) is 0 Å². The van der Waals surface area contributed by atoms with Crippen LogP contribution in [0.15, 0.2) is 42.6 Å². The third-order valence-corrected chi connectivity index (χ3v) is 4.20. The first-order valence-electron chi connectivity index (χ1n) is 8.97. The molecule has 2 aromatic rings. The van der Waals surface area contributed by atoms with Crippen molar-refractivity contribution in [1.29, 1.82) is 0 Å². The van der Waals surface area contributed by atoms with Crippen LogP contribution < -0.4 is 14.2 Å². The van der Waals surface area contributed by atoms with Gasteiger partial charge in [-0.05, 0) is 31.2 Å². The molecular formula is C20H24N2O5. The fourth-order valence-corrected chi connectivity index (χ4v) is 2.90. The second-order valence-corrected chi connectivity index (χ2v) is 5.99. The smallest absolute Gasteiger partial charge is 0.259 e. The summed E-state index contributed by atoms with van der Waals surface area (Å²) in [5, 5.41) is 0. The van der Waals surface area contributed by atoms with Crippen molar-refractivity contribution in [2.45, 2.75) is 13.0 Å². The molecule has 27 heavy (non-hydrogen) atoms. The summed E-state index contributed by atoms with van der Waals surface area (Å²) in [6.07, 6.45) is 1.39. The summed E-state index contributed by atoms with van der Waals surface area (Å²) in [4.78, 5) is 18.8. The number of pyridine rings is 1. The highest BCUT2D eigenvalue weighted by molar-refractivity contribution is 5.96. The average Bonchev–Trinajstić information content (AvgIpc) is 2.73. The number of para-hydroxylation sites is 2. The zero-order valence-electron chi connectivity index (χ0n) is 15.6. The molecule has 1 saturated heterocycles. The second kappa shape index (κ2) is 9.23. The number of hydrogen-bond acceptors (Lipinski definition) is 6. The molecule has 0 spiro atoms. The van der Waals surface area contributed by atoms with Crippen molar-refractivity contribution >= 4 is 5.91 Å². The summed E-state index contributed by atoms with van der Waals surface area (Å²) in [5.74, 6) is 1.56. The number of aromatic nitrogens is 1. The van der Waals surface area contributed by atoms with E-state index in [1.165, 1.54) is 0 Å². The van der Waals surface area contributed by atoms with E-state index in [0.717, 1.165) is 0 Å². The van der Waals surface area contributed by atoms with E-state index in [1.807, 2.05) is 31.2 Å². The predicted octanol–water partition coefficient (Wildman–Crippen LogP) is 2.41. The summed E-state index contributed by atoms with van der Waals surface area (Å²) >= 11 is 0. The summed E-state index contributed by atoms with van der Waals surface area (Å²) in [7, 11) is 1.60. The minimum atomic E-state index is -0.222. The normalized spacial score (nSPS) is 16.7. The lowest BCUT2D eigenvalue weighted by Crippen LogP contribution is -2.47. The summed E-state index contributed by atoms with van der Waals surface area (Å²) in [6, 6.07) is 10.9. The molecule has 1 aromatic carbocycles. The van der Waals surface area contributed by atoms with Crippen LogP contribution in [-0.2, 0) is 4.74 Å². The molecule has 7 nitrogen and oxygen atoms in total. The van der Waals surface area contributed by atoms with Crippen LogP contribution in [0.2, 0.25) is 0 Å². The maximum absolute atomic E-state index is 12.9. The molecule has 1 amide bonds. The summed E-state index contributed by atoms with van der Waals surface area (Å²) in [5.41, 5.74) is 0.464. The second-order valence-electron chi connectivity index (χ2n) is 5.99. The quantitative estimate of drug-likeness (QED) is 0.743. The number of morpholine rings is 1. The number of hydrogen-bond donors (Lipinski definition) is 0. The largest absolute Gasteiger partial charge is 0.493 e. The molecule has 1 unspecified atom stereocenters. The third kappa shape index (κ3) is 4.68. The lowest BCUT2D eigenvalue weighted by Gasteiger charge is -2.33. The molecule has 1 aromatic heterocycles. The Morgan fingerprint density at radius 2 is 2.04 bits per heavy atom. The van der Waals surface area contributed by atoms with Crippen LogP contribution in [0.3, 0.4) is 0 Å². The monoisotopic (exact) mass is 372 g/mol. The van der Waals surface area contributed by atoms with E-state index < -0.39 is 0 Å². The topological polar surface area (TPSA) is 70.1 Å². The van der Waals surface area contributed by atoms with E-state index in [0.29, 0.717) is 55.9 Å². The number of carbonyl (C=O) groups excluding carboxylic acids is 1. The number of methoxy groups -OCH3 is 1. The Balaban J connectivity index is 1.63. The molecule has 1 aliphatic heterocycles. The summed E-state index contributed by atoms with van der Waals surface area (Å²) in [6.45, 7) is 4.06. The van der Waals surface area contributed by atoms with Gasteiger partial charge in [0.15, 0.2) is 11.5 Å². The molecule has 1 atom stereocenters. The average molecular weight is 372 g/mol. The highest BCUT2D eigenvalue weighted by Gasteiger charge is 2.27. The van der Waals surface area contributed by atoms with Gasteiger partial charge in [0, 0.05) is 12.7 Å². The molecule has 7 heteroatoms. The van der Waals surface area contributed by atoms with Crippen molar-refractivity contribution in [3.63, 3.8) is 0 Å². The molecule has 1 aliphatic rings. The molecule has 0 saturated carbocycles. The number of benzene rings is 1. The lowest BCUT2D eigenvalue weighted by atomic mass is 10.2. The van der Waals surface area contributed by atoms with E-state index in [2.05, 4.69) is 4.98 Å². The van der Waals surface area contributed by atoms with Gasteiger partial charge in [0.1, 0.15) is 18.3 Å². The standard InChI is InChI=1S/C20H24N2O5/c1-3-25-19-16(7-6-10-21-19)20(23)22-11-12-26-15(13-22)14-27-18-9-5-4-8-17(18)24-2/h4-10,15H,3,11-14H2,1-2H3. The first-order chi connectivity index (χ1) is 13.2. The van der Waals surface area contributed by atoms with Crippen LogP contribution in [0.1, 0.15) is 17.3 Å². The van der Waals surface area contributed by atoms with E-state index >= 15 is 0 Å². The van der Waals surface area contributed by atoms with Gasteiger partial charge in [0.05, 0.1) is 26.9 Å². The third-order valence-electron chi connectivity index (χ3n) is 4.20. The van der Waals surface area contributed by atoms with Gasteiger partial charge in [0.25, 0.3) is 5.91 Å². The molecule has 0 bridgehead atoms. The highest BCUT2D eigenvalue weighted by Crippen LogP contribution is 2.26. The van der Waals surface area contributed by atoms with Crippen molar-refractivity contribution < 1.29 is 23.7 Å². The van der Waals surface area contributed by atoms with Crippen LogP contribution >= 0.6 is 0 Å². The number of rotatable bonds is 7. The van der Waals surface area contributed by atoms with Crippen molar-refractivity contribution in [1.82, 2.24) is 9.88 Å². The minimum Gasteiger partial charge on any atom is -0.493 e. The Bertz CT molecular complexity index is 768. The number of nitrogens with zero attached hydrogens (tertiary/aromatic N) is 2. The highest BCUT2D eigenvalue weighted by atomic mass is 16.5. The zero-order valence-corrected chi connectivity index (χ0v) is 15.6. The molecule has 0 radical (unpaired) electrons. The Kier molecular flexibility index (Phi) is 6.49. The zero-order chi connectivity index (χ0) is 19.1. The number of ether oxygens (including phenoxy) is 4. The Morgan fingerprint density at radius 3 is 2.81 bits per heavy atom. The van der Waals surface area contributed by atoms with Crippen molar-refractivity contribution in [2.24, 2.45) is 0 Å². The van der Waals surface area contributed by atoms with E-state index in [9.17, 15) is 4.79 Å². The van der Waals surface area contributed by atoms with Gasteiger partial charge in [-0.3, -0.25) is 4.79 Å². The Morgan fingerprint density at radius 1 is 1.22 bits per heavy atom. The number of carbonyl (C=O) groups is 1. The van der Waals surface area contributed by atoms with Crippen LogP contribution in [0.25, 0.3) is 0 Å². The van der Waals surface area contributed by atoms with Gasteiger partial charge in [0.2, 0.25) is 5.88 Å². The van der Waals surface area contributed by atoms with Crippen molar-refractivity contribution in [3.05, 3.63) is 48.2 Å². The van der Waals surface area contributed by atoms with Crippen LogP contribution in [-0.4, -0.2) is 61.9 Å². The molecule has 1 fully saturated rings. The van der Waals surface area contributed by atoms with Gasteiger partial charge >= 0.3 is 0 Å². The van der Waals surface area contributed by atoms with Gasteiger partial charge in [-0.25, -0.2) is 4.98 Å². The first-order valence-corrected chi connectivity index (χ1v) is 8.97. The van der Waals surface area contributed by atoms with E-state index in [4.69, 9.17) is 18.9 Å². The van der Waals surface area contributed by atoms with Crippen molar-refractivity contribution in [2.75, 3.05) is 40.0 Å².